The van der Waals surface area contributed by atoms with E-state index in [0.29, 0.717) is 5.56 Å². The molecule has 0 saturated heterocycles. The molecule has 0 bridgehead atoms. The average Bonchev–Trinajstić information content (AvgIpc) is 2.27. The molecule has 0 fully saturated rings. The number of aromatic carboxylic acids is 1. The van der Waals surface area contributed by atoms with Gasteiger partial charge in [0.2, 0.25) is 10.0 Å². The van der Waals surface area contributed by atoms with E-state index in [1.807, 2.05) is 13.8 Å². The van der Waals surface area contributed by atoms with Crippen LogP contribution in [0.3, 0.4) is 0 Å². The zero-order valence-corrected chi connectivity index (χ0v) is 11.9. The molecule has 0 aromatic heterocycles. The van der Waals surface area contributed by atoms with E-state index in [4.69, 9.17) is 5.11 Å². The van der Waals surface area contributed by atoms with E-state index in [9.17, 15) is 13.2 Å². The van der Waals surface area contributed by atoms with Gasteiger partial charge in [-0.15, -0.1) is 0 Å². The van der Waals surface area contributed by atoms with Crippen molar-refractivity contribution < 1.29 is 18.3 Å². The van der Waals surface area contributed by atoms with Gasteiger partial charge in [0.1, 0.15) is 0 Å². The maximum atomic E-state index is 12.0. The highest BCUT2D eigenvalue weighted by Crippen LogP contribution is 2.15. The second-order valence-electron chi connectivity index (χ2n) is 4.42. The minimum absolute atomic E-state index is 0.00918. The Morgan fingerprint density at radius 3 is 2.53 bits per heavy atom. The van der Waals surface area contributed by atoms with Crippen LogP contribution in [0.25, 0.3) is 0 Å². The molecule has 0 aliphatic heterocycles. The molecule has 19 heavy (non-hydrogen) atoms. The lowest BCUT2D eigenvalue weighted by Gasteiger charge is -2.07. The Balaban J connectivity index is 3.05. The highest BCUT2D eigenvalue weighted by Gasteiger charge is 2.16. The summed E-state index contributed by atoms with van der Waals surface area (Å²) in [5.74, 6) is -1.14. The molecule has 0 aliphatic rings. The number of sulfonamides is 1. The number of carboxylic acids is 1. The Morgan fingerprint density at radius 1 is 1.37 bits per heavy atom. The van der Waals surface area contributed by atoms with E-state index in [-0.39, 0.29) is 17.0 Å². The van der Waals surface area contributed by atoms with Crippen molar-refractivity contribution in [3.63, 3.8) is 0 Å². The largest absolute Gasteiger partial charge is 0.478 e. The minimum Gasteiger partial charge on any atom is -0.478 e. The van der Waals surface area contributed by atoms with Crippen LogP contribution in [0.5, 0.6) is 0 Å². The van der Waals surface area contributed by atoms with Crippen LogP contribution >= 0.6 is 0 Å². The minimum atomic E-state index is -3.69. The first-order valence-corrected chi connectivity index (χ1v) is 7.19. The standard InChI is InChI=1S/C13H17NO4S/c1-9(2)6-7-14-19(17,18)11-5-4-10(3)12(8-11)13(15)16/h4-6,8,14H,7H2,1-3H3,(H,15,16). The van der Waals surface area contributed by atoms with Gasteiger partial charge in [-0.1, -0.05) is 17.7 Å². The fraction of sp³-hybridized carbons (Fsp3) is 0.308. The van der Waals surface area contributed by atoms with Gasteiger partial charge in [-0.25, -0.2) is 17.9 Å². The Bertz CT molecular complexity index is 614. The van der Waals surface area contributed by atoms with E-state index in [2.05, 4.69) is 4.72 Å². The van der Waals surface area contributed by atoms with Gasteiger partial charge in [-0.3, -0.25) is 0 Å². The van der Waals surface area contributed by atoms with Crippen LogP contribution in [-0.4, -0.2) is 26.0 Å². The molecule has 104 valence electrons. The molecule has 0 amide bonds. The average molecular weight is 283 g/mol. The van der Waals surface area contributed by atoms with Crippen molar-refractivity contribution in [3.05, 3.63) is 41.0 Å². The summed E-state index contributed by atoms with van der Waals surface area (Å²) in [4.78, 5) is 10.9. The molecule has 0 spiro atoms. The van der Waals surface area contributed by atoms with Crippen LogP contribution in [0.4, 0.5) is 0 Å². The van der Waals surface area contributed by atoms with Crippen molar-refractivity contribution in [3.8, 4) is 0 Å². The van der Waals surface area contributed by atoms with Gasteiger partial charge in [0.05, 0.1) is 10.5 Å². The Kier molecular flexibility index (Phi) is 4.85. The first-order chi connectivity index (χ1) is 8.74. The maximum Gasteiger partial charge on any atom is 0.335 e. The summed E-state index contributed by atoms with van der Waals surface area (Å²) in [6, 6.07) is 4.05. The van der Waals surface area contributed by atoms with Crippen LogP contribution in [0.1, 0.15) is 29.8 Å². The third-order valence-electron chi connectivity index (χ3n) is 2.53. The molecule has 0 radical (unpaired) electrons. The zero-order valence-electron chi connectivity index (χ0n) is 11.1. The van der Waals surface area contributed by atoms with Crippen molar-refractivity contribution >= 4 is 16.0 Å². The van der Waals surface area contributed by atoms with Crippen molar-refractivity contribution in [2.24, 2.45) is 0 Å². The molecule has 0 atom stereocenters. The molecule has 5 nitrogen and oxygen atoms in total. The van der Waals surface area contributed by atoms with Crippen LogP contribution < -0.4 is 4.72 Å². The first kappa shape index (κ1) is 15.4. The van der Waals surface area contributed by atoms with Crippen molar-refractivity contribution in [2.75, 3.05) is 6.54 Å². The number of hydrogen-bond acceptors (Lipinski definition) is 3. The molecular formula is C13H17NO4S. The van der Waals surface area contributed by atoms with E-state index >= 15 is 0 Å². The monoisotopic (exact) mass is 283 g/mol. The Hall–Kier alpha value is -1.66. The second-order valence-corrected chi connectivity index (χ2v) is 6.18. The summed E-state index contributed by atoms with van der Waals surface area (Å²) in [6.45, 7) is 5.53. The molecule has 1 aromatic carbocycles. The Morgan fingerprint density at radius 2 is 2.00 bits per heavy atom. The highest BCUT2D eigenvalue weighted by atomic mass is 32.2. The van der Waals surface area contributed by atoms with Gasteiger partial charge in [0.25, 0.3) is 0 Å². The van der Waals surface area contributed by atoms with Crippen LogP contribution in [0.2, 0.25) is 0 Å². The van der Waals surface area contributed by atoms with Crippen LogP contribution in [0, 0.1) is 6.92 Å². The number of nitrogens with one attached hydrogen (secondary N) is 1. The number of hydrogen-bond donors (Lipinski definition) is 2. The van der Waals surface area contributed by atoms with Crippen molar-refractivity contribution in [2.45, 2.75) is 25.7 Å². The van der Waals surface area contributed by atoms with Gasteiger partial charge in [-0.2, -0.15) is 0 Å². The van der Waals surface area contributed by atoms with E-state index in [1.54, 1.807) is 13.0 Å². The SMILES string of the molecule is CC(C)=CCNS(=O)(=O)c1ccc(C)c(C(=O)O)c1. The highest BCUT2D eigenvalue weighted by molar-refractivity contribution is 7.89. The lowest BCUT2D eigenvalue weighted by molar-refractivity contribution is 0.0696. The molecule has 0 heterocycles. The van der Waals surface area contributed by atoms with Gasteiger partial charge in [0, 0.05) is 6.54 Å². The number of rotatable bonds is 5. The summed E-state index contributed by atoms with van der Waals surface area (Å²) < 4.78 is 26.3. The molecule has 0 aliphatic carbocycles. The normalized spacial score (nSPS) is 11.1. The van der Waals surface area contributed by atoms with E-state index in [1.165, 1.54) is 18.2 Å². The molecule has 0 saturated carbocycles. The fourth-order valence-corrected chi connectivity index (χ4v) is 2.43. The molecule has 2 N–H and O–H groups in total. The topological polar surface area (TPSA) is 83.5 Å². The number of allylic oxidation sites excluding steroid dienone is 1. The summed E-state index contributed by atoms with van der Waals surface area (Å²) in [7, 11) is -3.69. The summed E-state index contributed by atoms with van der Waals surface area (Å²) >= 11 is 0. The quantitative estimate of drug-likeness (QED) is 0.809. The van der Waals surface area contributed by atoms with Gasteiger partial charge >= 0.3 is 5.97 Å². The molecule has 6 heteroatoms. The number of carboxylic acid groups (broad SMARTS) is 1. The summed E-state index contributed by atoms with van der Waals surface area (Å²) in [5, 5.41) is 8.98. The number of carbonyl (C=O) groups is 1. The second kappa shape index (κ2) is 5.99. The predicted octanol–water partition coefficient (Wildman–Crippen LogP) is 1.94. The smallest absolute Gasteiger partial charge is 0.335 e. The summed E-state index contributed by atoms with van der Waals surface area (Å²) in [6.07, 6.45) is 1.74. The van der Waals surface area contributed by atoms with Crippen LogP contribution in [-0.2, 0) is 10.0 Å². The van der Waals surface area contributed by atoms with Crippen molar-refractivity contribution in [1.29, 1.82) is 0 Å². The van der Waals surface area contributed by atoms with Crippen LogP contribution in [0.15, 0.2) is 34.7 Å². The molecule has 1 rings (SSSR count). The van der Waals surface area contributed by atoms with Gasteiger partial charge in [-0.05, 0) is 38.5 Å². The maximum absolute atomic E-state index is 12.0. The van der Waals surface area contributed by atoms with E-state index in [0.717, 1.165) is 5.57 Å². The van der Waals surface area contributed by atoms with Gasteiger partial charge < -0.3 is 5.11 Å². The number of aryl methyl sites for hydroxylation is 1. The first-order valence-electron chi connectivity index (χ1n) is 5.71. The van der Waals surface area contributed by atoms with Gasteiger partial charge in [0.15, 0.2) is 0 Å². The van der Waals surface area contributed by atoms with Crippen molar-refractivity contribution in [1.82, 2.24) is 4.72 Å². The molecule has 1 aromatic rings. The van der Waals surface area contributed by atoms with E-state index < -0.39 is 16.0 Å². The third-order valence-corrected chi connectivity index (χ3v) is 3.95. The lowest BCUT2D eigenvalue weighted by atomic mass is 10.1. The fourth-order valence-electron chi connectivity index (χ4n) is 1.44. The summed E-state index contributed by atoms with van der Waals surface area (Å²) in [5.41, 5.74) is 1.51. The third kappa shape index (κ3) is 4.18. The molecular weight excluding hydrogens is 266 g/mol. The molecule has 0 unspecified atom stereocenters. The lowest BCUT2D eigenvalue weighted by Crippen LogP contribution is -2.24. The predicted molar refractivity (Wildman–Crippen MR) is 72.8 cm³/mol. The zero-order chi connectivity index (χ0) is 14.6. The Labute approximate surface area is 113 Å². The number of benzene rings is 1.